The molecule has 0 radical (unpaired) electrons. The highest BCUT2D eigenvalue weighted by Gasteiger charge is 2.76. The zero-order valence-electron chi connectivity index (χ0n) is 14.7. The quantitative estimate of drug-likeness (QED) is 0.531. The van der Waals surface area contributed by atoms with Crippen molar-refractivity contribution >= 4 is 23.9 Å². The van der Waals surface area contributed by atoms with E-state index in [1.807, 2.05) is 0 Å². The Morgan fingerprint density at radius 3 is 2.31 bits per heavy atom. The van der Waals surface area contributed by atoms with Crippen LogP contribution in [-0.2, 0) is 19.1 Å². The molecule has 146 valence electrons. The van der Waals surface area contributed by atoms with Crippen LogP contribution in [0.25, 0.3) is 0 Å². The van der Waals surface area contributed by atoms with Gasteiger partial charge >= 0.3 is 18.0 Å². The summed E-state index contributed by atoms with van der Waals surface area (Å²) < 4.78 is 19.0. The molecule has 2 amide bonds. The highest BCUT2D eigenvalue weighted by atomic mass is 19.1. The standard InChI is InChI=1S/C16H23FN2O7/c1-15(2,3)26-14(25)18-5-4-8(20)19-16(13(23)24)6-7(17)9-10(11(9)16)12(21)22/h7,9-11H,4-6H2,1-3H3,(H,18,25)(H,19,20)(H,21,22)(H,23,24)/t7-,9?,10+,11+,16+/m1/s1. The lowest BCUT2D eigenvalue weighted by molar-refractivity contribution is -0.150. The molecule has 26 heavy (non-hydrogen) atoms. The molecule has 10 heteroatoms. The number of aliphatic carboxylic acids is 2. The maximum atomic E-state index is 14.0. The summed E-state index contributed by atoms with van der Waals surface area (Å²) in [6.45, 7) is 4.92. The molecule has 0 spiro atoms. The molecule has 0 aromatic heterocycles. The smallest absolute Gasteiger partial charge is 0.407 e. The molecule has 0 heterocycles. The van der Waals surface area contributed by atoms with Crippen molar-refractivity contribution in [2.45, 2.75) is 50.9 Å². The van der Waals surface area contributed by atoms with E-state index in [2.05, 4.69) is 10.6 Å². The van der Waals surface area contributed by atoms with Gasteiger partial charge in [-0.3, -0.25) is 9.59 Å². The Labute approximate surface area is 149 Å². The van der Waals surface area contributed by atoms with Crippen molar-refractivity contribution in [1.29, 1.82) is 0 Å². The molecule has 0 bridgehead atoms. The van der Waals surface area contributed by atoms with Crippen molar-refractivity contribution in [2.24, 2.45) is 17.8 Å². The Morgan fingerprint density at radius 2 is 1.85 bits per heavy atom. The molecule has 2 aliphatic carbocycles. The van der Waals surface area contributed by atoms with Gasteiger partial charge in [-0.2, -0.15) is 0 Å². The van der Waals surface area contributed by atoms with E-state index >= 15 is 0 Å². The molecular weight excluding hydrogens is 351 g/mol. The van der Waals surface area contributed by atoms with Crippen molar-refractivity contribution in [2.75, 3.05) is 6.54 Å². The highest BCUT2D eigenvalue weighted by Crippen LogP contribution is 2.63. The number of ether oxygens (including phenoxy) is 1. The van der Waals surface area contributed by atoms with Gasteiger partial charge in [-0.1, -0.05) is 0 Å². The second-order valence-corrected chi connectivity index (χ2v) is 7.69. The molecule has 0 aliphatic heterocycles. The summed E-state index contributed by atoms with van der Waals surface area (Å²) in [7, 11) is 0. The molecule has 0 aromatic carbocycles. The van der Waals surface area contributed by atoms with Crippen molar-refractivity contribution in [3.8, 4) is 0 Å². The third-order valence-electron chi connectivity index (χ3n) is 4.63. The number of nitrogens with one attached hydrogen (secondary N) is 2. The summed E-state index contributed by atoms with van der Waals surface area (Å²) in [5.74, 6) is -6.43. The van der Waals surface area contributed by atoms with E-state index in [-0.39, 0.29) is 13.0 Å². The van der Waals surface area contributed by atoms with E-state index in [0.717, 1.165) is 0 Å². The number of carboxylic acids is 2. The molecule has 2 saturated carbocycles. The first-order valence-electron chi connectivity index (χ1n) is 8.27. The molecule has 2 aliphatic rings. The van der Waals surface area contributed by atoms with Crippen molar-refractivity contribution in [3.63, 3.8) is 0 Å². The van der Waals surface area contributed by atoms with Crippen LogP contribution in [0.1, 0.15) is 33.6 Å². The normalized spacial score (nSPS) is 32.3. The van der Waals surface area contributed by atoms with E-state index in [1.54, 1.807) is 20.8 Å². The summed E-state index contributed by atoms with van der Waals surface area (Å²) >= 11 is 0. The van der Waals surface area contributed by atoms with Gasteiger partial charge in [0, 0.05) is 31.2 Å². The molecule has 0 aromatic rings. The number of hydrogen-bond donors (Lipinski definition) is 4. The Kier molecular flexibility index (Phi) is 5.16. The predicted octanol–water partition coefficient (Wildman–Crippen LogP) is 0.529. The van der Waals surface area contributed by atoms with Gasteiger partial charge in [-0.25, -0.2) is 14.0 Å². The van der Waals surface area contributed by atoms with E-state index in [1.165, 1.54) is 0 Å². The first-order valence-corrected chi connectivity index (χ1v) is 8.27. The fraction of sp³-hybridized carbons (Fsp3) is 0.750. The fourth-order valence-electron chi connectivity index (χ4n) is 3.64. The summed E-state index contributed by atoms with van der Waals surface area (Å²) in [6.07, 6.45) is -3.04. The zero-order valence-corrected chi connectivity index (χ0v) is 14.7. The average molecular weight is 374 g/mol. The largest absolute Gasteiger partial charge is 0.481 e. The number of hydrogen-bond acceptors (Lipinski definition) is 5. The van der Waals surface area contributed by atoms with Gasteiger partial charge in [-0.05, 0) is 20.8 Å². The molecule has 2 rings (SSSR count). The fourth-order valence-corrected chi connectivity index (χ4v) is 3.64. The van der Waals surface area contributed by atoms with Gasteiger partial charge in [0.25, 0.3) is 0 Å². The SMILES string of the molecule is CC(C)(C)OC(=O)NCCC(=O)N[C@@]1(C(=O)O)C[C@@H](F)C2[C@H](C(=O)O)[C@H]21. The van der Waals surface area contributed by atoms with E-state index in [0.29, 0.717) is 0 Å². The highest BCUT2D eigenvalue weighted by molar-refractivity contribution is 5.91. The van der Waals surface area contributed by atoms with Crippen molar-refractivity contribution in [3.05, 3.63) is 0 Å². The third kappa shape index (κ3) is 3.88. The van der Waals surface area contributed by atoms with E-state index < -0.39 is 65.4 Å². The van der Waals surface area contributed by atoms with Crippen LogP contribution >= 0.6 is 0 Å². The van der Waals surface area contributed by atoms with E-state index in [9.17, 15) is 28.7 Å². The van der Waals surface area contributed by atoms with Gasteiger partial charge in [0.2, 0.25) is 5.91 Å². The number of fused-ring (bicyclic) bond motifs is 1. The summed E-state index contributed by atoms with van der Waals surface area (Å²) in [6, 6.07) is 0. The zero-order chi connectivity index (χ0) is 19.9. The van der Waals surface area contributed by atoms with Crippen LogP contribution in [0.4, 0.5) is 9.18 Å². The molecule has 0 saturated heterocycles. The first kappa shape index (κ1) is 19.9. The topological polar surface area (TPSA) is 142 Å². The third-order valence-corrected chi connectivity index (χ3v) is 4.63. The lowest BCUT2D eigenvalue weighted by Crippen LogP contribution is -2.56. The van der Waals surface area contributed by atoms with Crippen LogP contribution in [0, 0.1) is 17.8 Å². The van der Waals surface area contributed by atoms with Crippen LogP contribution in [0.3, 0.4) is 0 Å². The van der Waals surface area contributed by atoms with Crippen LogP contribution in [-0.4, -0.2) is 58.0 Å². The van der Waals surface area contributed by atoms with Crippen molar-refractivity contribution in [1.82, 2.24) is 10.6 Å². The van der Waals surface area contributed by atoms with Crippen molar-refractivity contribution < 1.29 is 38.5 Å². The Hall–Kier alpha value is -2.39. The predicted molar refractivity (Wildman–Crippen MR) is 85.0 cm³/mol. The van der Waals surface area contributed by atoms with E-state index in [4.69, 9.17) is 9.84 Å². The number of alkyl carbamates (subject to hydrolysis) is 1. The summed E-state index contributed by atoms with van der Waals surface area (Å²) in [5.41, 5.74) is -2.64. The second kappa shape index (κ2) is 6.73. The summed E-state index contributed by atoms with van der Waals surface area (Å²) in [5, 5.41) is 23.2. The van der Waals surface area contributed by atoms with Crippen LogP contribution in [0.15, 0.2) is 0 Å². The first-order chi connectivity index (χ1) is 11.9. The summed E-state index contributed by atoms with van der Waals surface area (Å²) in [4.78, 5) is 46.4. The number of carboxylic acid groups (broad SMARTS) is 2. The van der Waals surface area contributed by atoms with Crippen LogP contribution < -0.4 is 10.6 Å². The maximum absolute atomic E-state index is 14.0. The Balaban J connectivity index is 1.93. The number of carbonyl (C=O) groups excluding carboxylic acids is 2. The number of carbonyl (C=O) groups is 4. The molecule has 4 N–H and O–H groups in total. The molecule has 1 unspecified atom stereocenters. The molecular formula is C16H23FN2O7. The van der Waals surface area contributed by atoms with Gasteiger partial charge in [0.05, 0.1) is 5.92 Å². The average Bonchev–Trinajstić information content (AvgIpc) is 3.14. The van der Waals surface area contributed by atoms with Crippen LogP contribution in [0.5, 0.6) is 0 Å². The lowest BCUT2D eigenvalue weighted by Gasteiger charge is -2.29. The van der Waals surface area contributed by atoms with Gasteiger partial charge in [0.15, 0.2) is 0 Å². The Morgan fingerprint density at radius 1 is 1.23 bits per heavy atom. The molecule has 2 fully saturated rings. The minimum absolute atomic E-state index is 0.105. The van der Waals surface area contributed by atoms with Gasteiger partial charge in [-0.15, -0.1) is 0 Å². The van der Waals surface area contributed by atoms with Gasteiger partial charge in [0.1, 0.15) is 17.3 Å². The number of halogens is 1. The monoisotopic (exact) mass is 374 g/mol. The minimum atomic E-state index is -1.93. The minimum Gasteiger partial charge on any atom is -0.481 e. The number of alkyl halides is 1. The van der Waals surface area contributed by atoms with Gasteiger partial charge < -0.3 is 25.6 Å². The number of amides is 2. The molecule has 9 nitrogen and oxygen atoms in total. The number of rotatable bonds is 6. The lowest BCUT2D eigenvalue weighted by atomic mass is 9.89. The second-order valence-electron chi connectivity index (χ2n) is 7.69. The van der Waals surface area contributed by atoms with Crippen LogP contribution in [0.2, 0.25) is 0 Å². The Bertz CT molecular complexity index is 633. The maximum Gasteiger partial charge on any atom is 0.407 e. The molecule has 5 atom stereocenters.